The second-order valence-corrected chi connectivity index (χ2v) is 8.00. The largest absolute Gasteiger partial charge is 0.496 e. The van der Waals surface area contributed by atoms with Gasteiger partial charge in [0, 0.05) is 30.6 Å². The van der Waals surface area contributed by atoms with Gasteiger partial charge in [-0.15, -0.1) is 12.4 Å². The van der Waals surface area contributed by atoms with Crippen molar-refractivity contribution in [2.75, 3.05) is 20.2 Å². The Balaban J connectivity index is 0.00000243. The minimum atomic E-state index is 0. The summed E-state index contributed by atoms with van der Waals surface area (Å²) in [6, 6.07) is 5.97. The van der Waals surface area contributed by atoms with Crippen LogP contribution in [0.1, 0.15) is 44.1 Å². The van der Waals surface area contributed by atoms with Gasteiger partial charge in [-0.3, -0.25) is 4.79 Å². The fourth-order valence-corrected chi connectivity index (χ4v) is 4.54. The molecule has 1 saturated heterocycles. The number of likely N-dealkylation sites (tertiary alicyclic amines) is 1. The highest BCUT2D eigenvalue weighted by Gasteiger charge is 2.30. The van der Waals surface area contributed by atoms with Crippen LogP contribution in [0.15, 0.2) is 18.2 Å². The zero-order valence-corrected chi connectivity index (χ0v) is 17.0. The van der Waals surface area contributed by atoms with Crippen LogP contribution in [-0.4, -0.2) is 37.0 Å². The Kier molecular flexibility index (Phi) is 8.05. The molecule has 1 aliphatic carbocycles. The van der Waals surface area contributed by atoms with Crippen molar-refractivity contribution in [3.8, 4) is 5.75 Å². The van der Waals surface area contributed by atoms with E-state index in [4.69, 9.17) is 22.1 Å². The molecule has 0 spiro atoms. The molecule has 6 heteroatoms. The number of hydrogen-bond donors (Lipinski definition) is 1. The van der Waals surface area contributed by atoms with Crippen LogP contribution in [0.2, 0.25) is 5.02 Å². The zero-order chi connectivity index (χ0) is 17.8. The summed E-state index contributed by atoms with van der Waals surface area (Å²) in [5.74, 6) is 2.00. The molecule has 0 aromatic heterocycles. The Hall–Kier alpha value is -0.970. The summed E-state index contributed by atoms with van der Waals surface area (Å²) in [6.45, 7) is 1.71. The molecule has 2 fully saturated rings. The van der Waals surface area contributed by atoms with Crippen molar-refractivity contribution in [1.29, 1.82) is 0 Å². The smallest absolute Gasteiger partial charge is 0.222 e. The lowest BCUT2D eigenvalue weighted by atomic mass is 9.90. The van der Waals surface area contributed by atoms with E-state index in [0.29, 0.717) is 18.3 Å². The number of carbonyl (C=O) groups excluding carboxylic acids is 1. The quantitative estimate of drug-likeness (QED) is 0.809. The predicted molar refractivity (Wildman–Crippen MR) is 108 cm³/mol. The minimum absolute atomic E-state index is 0. The normalized spacial score (nSPS) is 25.7. The van der Waals surface area contributed by atoms with Crippen molar-refractivity contribution in [2.24, 2.45) is 17.6 Å². The highest BCUT2D eigenvalue weighted by Crippen LogP contribution is 2.31. The van der Waals surface area contributed by atoms with E-state index in [0.717, 1.165) is 68.0 Å². The molecule has 1 amide bonds. The summed E-state index contributed by atoms with van der Waals surface area (Å²) in [6.07, 6.45) is 7.05. The molecule has 3 atom stereocenters. The van der Waals surface area contributed by atoms with E-state index < -0.39 is 0 Å². The van der Waals surface area contributed by atoms with Gasteiger partial charge in [0.2, 0.25) is 5.91 Å². The van der Waals surface area contributed by atoms with Gasteiger partial charge in [0.15, 0.2) is 0 Å². The van der Waals surface area contributed by atoms with E-state index >= 15 is 0 Å². The van der Waals surface area contributed by atoms with Gasteiger partial charge in [-0.2, -0.15) is 0 Å². The first-order valence-corrected chi connectivity index (χ1v) is 9.80. The maximum atomic E-state index is 12.7. The van der Waals surface area contributed by atoms with Gasteiger partial charge in [-0.05, 0) is 67.7 Å². The maximum absolute atomic E-state index is 12.7. The van der Waals surface area contributed by atoms with Crippen LogP contribution in [0.4, 0.5) is 0 Å². The fraction of sp³-hybridized carbons (Fsp3) is 0.650. The van der Waals surface area contributed by atoms with Gasteiger partial charge in [-0.25, -0.2) is 0 Å². The third kappa shape index (κ3) is 5.28. The van der Waals surface area contributed by atoms with Crippen molar-refractivity contribution in [3.63, 3.8) is 0 Å². The van der Waals surface area contributed by atoms with Gasteiger partial charge in [0.25, 0.3) is 0 Å². The molecular weight excluding hydrogens is 371 g/mol. The third-order valence-corrected chi connectivity index (χ3v) is 6.01. The molecule has 2 aliphatic rings. The standard InChI is InChI=1S/C20H29ClN2O2.ClH/c1-25-19-8-7-17(21)11-16(19)10-14-4-3-9-23(13-14)20(24)12-15-5-2-6-18(15)22;/h7-8,11,14-15,18H,2-6,9-10,12-13,22H2,1H3;1H/t14?,15-,18+;/m0./s1. The number of hydrogen-bond acceptors (Lipinski definition) is 3. The Morgan fingerprint density at radius 2 is 2.12 bits per heavy atom. The van der Waals surface area contributed by atoms with Crippen molar-refractivity contribution in [2.45, 2.75) is 51.0 Å². The van der Waals surface area contributed by atoms with Crippen LogP contribution in [0, 0.1) is 11.8 Å². The maximum Gasteiger partial charge on any atom is 0.222 e. The molecule has 4 nitrogen and oxygen atoms in total. The van der Waals surface area contributed by atoms with E-state index in [-0.39, 0.29) is 24.4 Å². The zero-order valence-electron chi connectivity index (χ0n) is 15.5. The van der Waals surface area contributed by atoms with Crippen molar-refractivity contribution in [3.05, 3.63) is 28.8 Å². The minimum Gasteiger partial charge on any atom is -0.496 e. The van der Waals surface area contributed by atoms with Crippen molar-refractivity contribution < 1.29 is 9.53 Å². The lowest BCUT2D eigenvalue weighted by Crippen LogP contribution is -2.42. The second-order valence-electron chi connectivity index (χ2n) is 7.57. The summed E-state index contributed by atoms with van der Waals surface area (Å²) in [5.41, 5.74) is 7.27. The Labute approximate surface area is 167 Å². The summed E-state index contributed by atoms with van der Waals surface area (Å²) in [4.78, 5) is 14.8. The predicted octanol–water partition coefficient (Wildman–Crippen LogP) is 4.07. The highest BCUT2D eigenvalue weighted by molar-refractivity contribution is 6.30. The first kappa shape index (κ1) is 21.3. The van der Waals surface area contributed by atoms with Crippen molar-refractivity contribution >= 4 is 29.9 Å². The average Bonchev–Trinajstić information content (AvgIpc) is 3.00. The molecule has 26 heavy (non-hydrogen) atoms. The molecule has 1 unspecified atom stereocenters. The number of halogens is 2. The molecule has 2 N–H and O–H groups in total. The Bertz CT molecular complexity index is 611. The van der Waals surface area contributed by atoms with Gasteiger partial charge in [0.1, 0.15) is 5.75 Å². The molecule has 146 valence electrons. The fourth-order valence-electron chi connectivity index (χ4n) is 4.35. The van der Waals surface area contributed by atoms with Crippen LogP contribution in [0.5, 0.6) is 5.75 Å². The first-order valence-electron chi connectivity index (χ1n) is 9.42. The molecule has 1 aromatic rings. The molecule has 3 rings (SSSR count). The topological polar surface area (TPSA) is 55.6 Å². The number of methoxy groups -OCH3 is 1. The molecule has 1 heterocycles. The lowest BCUT2D eigenvalue weighted by molar-refractivity contribution is -0.134. The number of piperidine rings is 1. The average molecular weight is 401 g/mol. The van der Waals surface area contributed by atoms with E-state index in [2.05, 4.69) is 4.90 Å². The van der Waals surface area contributed by atoms with Crippen LogP contribution < -0.4 is 10.5 Å². The van der Waals surface area contributed by atoms with Gasteiger partial charge in [0.05, 0.1) is 7.11 Å². The molecule has 0 bridgehead atoms. The number of amides is 1. The van der Waals surface area contributed by atoms with Gasteiger partial charge < -0.3 is 15.4 Å². The Morgan fingerprint density at radius 1 is 1.31 bits per heavy atom. The number of nitrogens with zero attached hydrogens (tertiary/aromatic N) is 1. The third-order valence-electron chi connectivity index (χ3n) is 5.78. The van der Waals surface area contributed by atoms with Crippen LogP contribution in [-0.2, 0) is 11.2 Å². The molecule has 1 aliphatic heterocycles. The van der Waals surface area contributed by atoms with E-state index in [1.165, 1.54) is 0 Å². The van der Waals surface area contributed by atoms with Crippen LogP contribution >= 0.6 is 24.0 Å². The SMILES string of the molecule is COc1ccc(Cl)cc1CC1CCCN(C(=O)C[C@@H]2CCC[C@H]2N)C1.Cl. The summed E-state index contributed by atoms with van der Waals surface area (Å²) in [7, 11) is 1.69. The molecule has 1 aromatic carbocycles. The number of nitrogens with two attached hydrogens (primary N) is 1. The van der Waals surface area contributed by atoms with Crippen molar-refractivity contribution in [1.82, 2.24) is 4.90 Å². The number of benzene rings is 1. The van der Waals surface area contributed by atoms with Crippen LogP contribution in [0.3, 0.4) is 0 Å². The highest BCUT2D eigenvalue weighted by atomic mass is 35.5. The second kappa shape index (κ2) is 9.82. The van der Waals surface area contributed by atoms with Gasteiger partial charge >= 0.3 is 0 Å². The molecule has 0 radical (unpaired) electrons. The number of rotatable bonds is 5. The summed E-state index contributed by atoms with van der Waals surface area (Å²) < 4.78 is 5.46. The molecular formula is C20H30Cl2N2O2. The molecule has 1 saturated carbocycles. The van der Waals surface area contributed by atoms with E-state index in [9.17, 15) is 4.79 Å². The van der Waals surface area contributed by atoms with Crippen LogP contribution in [0.25, 0.3) is 0 Å². The van der Waals surface area contributed by atoms with E-state index in [1.807, 2.05) is 18.2 Å². The number of carbonyl (C=O) groups is 1. The monoisotopic (exact) mass is 400 g/mol. The first-order chi connectivity index (χ1) is 12.1. The Morgan fingerprint density at radius 3 is 2.81 bits per heavy atom. The van der Waals surface area contributed by atoms with E-state index in [1.54, 1.807) is 7.11 Å². The van der Waals surface area contributed by atoms with Gasteiger partial charge in [-0.1, -0.05) is 18.0 Å². The summed E-state index contributed by atoms with van der Waals surface area (Å²) in [5, 5.41) is 0.731. The summed E-state index contributed by atoms with van der Waals surface area (Å²) >= 11 is 6.15. The lowest BCUT2D eigenvalue weighted by Gasteiger charge is -2.34. The number of ether oxygens (including phenoxy) is 1.